The molecule has 0 bridgehead atoms. The number of hydrogen-bond acceptors (Lipinski definition) is 2. The van der Waals surface area contributed by atoms with Crippen LogP contribution in [0.2, 0.25) is 0 Å². The molecule has 0 heterocycles. The minimum absolute atomic E-state index is 0.227. The SMILES string of the molecule is CCC(N)Cc1ccc(Oc2ccc(Br)c(C)c2)c(C)c1. The Morgan fingerprint density at radius 3 is 2.48 bits per heavy atom. The van der Waals surface area contributed by atoms with Gasteiger partial charge in [-0.3, -0.25) is 0 Å². The first-order valence-electron chi connectivity index (χ1n) is 7.28. The van der Waals surface area contributed by atoms with E-state index in [1.807, 2.05) is 24.3 Å². The van der Waals surface area contributed by atoms with Gasteiger partial charge in [0.05, 0.1) is 0 Å². The lowest BCUT2D eigenvalue weighted by atomic mass is 10.0. The maximum absolute atomic E-state index is 6.01. The average molecular weight is 348 g/mol. The third-order valence-corrected chi connectivity index (χ3v) is 4.51. The molecular formula is C18H22BrNO. The lowest BCUT2D eigenvalue weighted by Gasteiger charge is -2.13. The number of ether oxygens (including phenoxy) is 1. The van der Waals surface area contributed by atoms with Crippen LogP contribution in [-0.2, 0) is 6.42 Å². The fourth-order valence-electron chi connectivity index (χ4n) is 2.21. The zero-order valence-corrected chi connectivity index (χ0v) is 14.4. The predicted molar refractivity (Wildman–Crippen MR) is 92.1 cm³/mol. The van der Waals surface area contributed by atoms with Crippen molar-refractivity contribution in [3.05, 3.63) is 57.6 Å². The molecule has 0 aliphatic rings. The number of halogens is 1. The van der Waals surface area contributed by atoms with Crippen molar-refractivity contribution in [1.29, 1.82) is 0 Å². The van der Waals surface area contributed by atoms with E-state index in [0.717, 1.165) is 39.9 Å². The van der Waals surface area contributed by atoms with E-state index in [2.05, 4.69) is 48.8 Å². The highest BCUT2D eigenvalue weighted by atomic mass is 79.9. The quantitative estimate of drug-likeness (QED) is 0.812. The summed E-state index contributed by atoms with van der Waals surface area (Å²) in [7, 11) is 0. The Kier molecular flexibility index (Phi) is 5.43. The summed E-state index contributed by atoms with van der Waals surface area (Å²) in [6.07, 6.45) is 1.91. The van der Waals surface area contributed by atoms with Crippen LogP contribution in [-0.4, -0.2) is 6.04 Å². The van der Waals surface area contributed by atoms with Crippen molar-refractivity contribution in [2.75, 3.05) is 0 Å². The Bertz CT molecular complexity index is 625. The summed E-state index contributed by atoms with van der Waals surface area (Å²) in [4.78, 5) is 0. The summed E-state index contributed by atoms with van der Waals surface area (Å²) in [6, 6.07) is 12.5. The Balaban J connectivity index is 2.15. The molecular weight excluding hydrogens is 326 g/mol. The maximum Gasteiger partial charge on any atom is 0.130 e. The third-order valence-electron chi connectivity index (χ3n) is 3.62. The summed E-state index contributed by atoms with van der Waals surface area (Å²) < 4.78 is 7.07. The lowest BCUT2D eigenvalue weighted by molar-refractivity contribution is 0.478. The van der Waals surface area contributed by atoms with Gasteiger partial charge in [0.2, 0.25) is 0 Å². The topological polar surface area (TPSA) is 35.2 Å². The number of benzene rings is 2. The zero-order chi connectivity index (χ0) is 15.4. The first kappa shape index (κ1) is 16.1. The molecule has 0 saturated carbocycles. The molecule has 21 heavy (non-hydrogen) atoms. The normalized spacial score (nSPS) is 12.2. The Morgan fingerprint density at radius 1 is 1.10 bits per heavy atom. The van der Waals surface area contributed by atoms with E-state index in [1.165, 1.54) is 5.56 Å². The smallest absolute Gasteiger partial charge is 0.130 e. The highest BCUT2D eigenvalue weighted by Gasteiger charge is 2.06. The van der Waals surface area contributed by atoms with Gasteiger partial charge in [0.1, 0.15) is 11.5 Å². The lowest BCUT2D eigenvalue weighted by Crippen LogP contribution is -2.21. The van der Waals surface area contributed by atoms with Crippen LogP contribution >= 0.6 is 15.9 Å². The van der Waals surface area contributed by atoms with E-state index >= 15 is 0 Å². The van der Waals surface area contributed by atoms with Crippen molar-refractivity contribution in [2.45, 2.75) is 39.7 Å². The van der Waals surface area contributed by atoms with Crippen LogP contribution < -0.4 is 10.5 Å². The minimum Gasteiger partial charge on any atom is -0.457 e. The minimum atomic E-state index is 0.227. The van der Waals surface area contributed by atoms with Gasteiger partial charge in [-0.2, -0.15) is 0 Å². The van der Waals surface area contributed by atoms with Crippen LogP contribution in [0.1, 0.15) is 30.0 Å². The molecule has 2 aromatic rings. The molecule has 2 aromatic carbocycles. The molecule has 2 nitrogen and oxygen atoms in total. The molecule has 0 aliphatic heterocycles. The monoisotopic (exact) mass is 347 g/mol. The second-order valence-electron chi connectivity index (χ2n) is 5.49. The van der Waals surface area contributed by atoms with E-state index in [-0.39, 0.29) is 6.04 Å². The van der Waals surface area contributed by atoms with Gasteiger partial charge >= 0.3 is 0 Å². The summed E-state index contributed by atoms with van der Waals surface area (Å²) in [5.74, 6) is 1.75. The maximum atomic E-state index is 6.01. The van der Waals surface area contributed by atoms with Crippen molar-refractivity contribution >= 4 is 15.9 Å². The molecule has 0 radical (unpaired) electrons. The van der Waals surface area contributed by atoms with Crippen LogP contribution in [0, 0.1) is 13.8 Å². The first-order valence-corrected chi connectivity index (χ1v) is 8.08. The largest absolute Gasteiger partial charge is 0.457 e. The van der Waals surface area contributed by atoms with Crippen molar-refractivity contribution in [2.24, 2.45) is 5.73 Å². The van der Waals surface area contributed by atoms with E-state index in [0.29, 0.717) is 0 Å². The standard InChI is InChI=1S/C18H22BrNO/c1-4-15(20)11-14-5-8-18(13(3)9-14)21-16-6-7-17(19)12(2)10-16/h5-10,15H,4,11,20H2,1-3H3. The molecule has 2 rings (SSSR count). The van der Waals surface area contributed by atoms with Crippen molar-refractivity contribution in [3.63, 3.8) is 0 Å². The highest BCUT2D eigenvalue weighted by molar-refractivity contribution is 9.10. The Morgan fingerprint density at radius 2 is 1.86 bits per heavy atom. The Labute approximate surface area is 135 Å². The second-order valence-corrected chi connectivity index (χ2v) is 6.34. The number of nitrogens with two attached hydrogens (primary N) is 1. The summed E-state index contributed by atoms with van der Waals surface area (Å²) in [5, 5.41) is 0. The molecule has 0 fully saturated rings. The molecule has 0 aliphatic carbocycles. The summed E-state index contributed by atoms with van der Waals surface area (Å²) in [6.45, 7) is 6.24. The van der Waals surface area contributed by atoms with E-state index in [1.54, 1.807) is 0 Å². The van der Waals surface area contributed by atoms with Crippen LogP contribution in [0.4, 0.5) is 0 Å². The van der Waals surface area contributed by atoms with Gasteiger partial charge in [-0.25, -0.2) is 0 Å². The summed E-state index contributed by atoms with van der Waals surface area (Å²) >= 11 is 3.50. The second kappa shape index (κ2) is 7.10. The van der Waals surface area contributed by atoms with Crippen molar-refractivity contribution in [1.82, 2.24) is 0 Å². The molecule has 1 atom stereocenters. The van der Waals surface area contributed by atoms with Gasteiger partial charge in [-0.15, -0.1) is 0 Å². The highest BCUT2D eigenvalue weighted by Crippen LogP contribution is 2.29. The van der Waals surface area contributed by atoms with Crippen LogP contribution in [0.15, 0.2) is 40.9 Å². The molecule has 0 spiro atoms. The zero-order valence-electron chi connectivity index (χ0n) is 12.8. The summed E-state index contributed by atoms with van der Waals surface area (Å²) in [5.41, 5.74) is 9.57. The van der Waals surface area contributed by atoms with E-state index in [9.17, 15) is 0 Å². The van der Waals surface area contributed by atoms with Crippen LogP contribution in [0.3, 0.4) is 0 Å². The van der Waals surface area contributed by atoms with E-state index < -0.39 is 0 Å². The van der Waals surface area contributed by atoms with Gasteiger partial charge in [-0.1, -0.05) is 35.0 Å². The van der Waals surface area contributed by atoms with Crippen molar-refractivity contribution < 1.29 is 4.74 Å². The predicted octanol–water partition coefficient (Wildman–Crippen LogP) is 5.14. The molecule has 112 valence electrons. The van der Waals surface area contributed by atoms with E-state index in [4.69, 9.17) is 10.5 Å². The molecule has 0 amide bonds. The first-order chi connectivity index (χ1) is 9.99. The molecule has 2 N–H and O–H groups in total. The molecule has 3 heteroatoms. The molecule has 0 saturated heterocycles. The fraction of sp³-hybridized carbons (Fsp3) is 0.333. The third kappa shape index (κ3) is 4.32. The van der Waals surface area contributed by atoms with Gasteiger partial charge in [-0.05, 0) is 67.6 Å². The number of aryl methyl sites for hydroxylation is 2. The van der Waals surface area contributed by atoms with Crippen LogP contribution in [0.5, 0.6) is 11.5 Å². The Hall–Kier alpha value is -1.32. The van der Waals surface area contributed by atoms with Gasteiger partial charge in [0, 0.05) is 10.5 Å². The number of rotatable bonds is 5. The number of hydrogen-bond donors (Lipinski definition) is 1. The van der Waals surface area contributed by atoms with Crippen molar-refractivity contribution in [3.8, 4) is 11.5 Å². The van der Waals surface area contributed by atoms with Crippen LogP contribution in [0.25, 0.3) is 0 Å². The van der Waals surface area contributed by atoms with Gasteiger partial charge in [0.15, 0.2) is 0 Å². The molecule has 1 unspecified atom stereocenters. The average Bonchev–Trinajstić information content (AvgIpc) is 2.45. The van der Waals surface area contributed by atoms with Gasteiger partial charge in [0.25, 0.3) is 0 Å². The molecule has 0 aromatic heterocycles. The van der Waals surface area contributed by atoms with Gasteiger partial charge < -0.3 is 10.5 Å². The fourth-order valence-corrected chi connectivity index (χ4v) is 2.45.